The molecule has 8 heteroatoms. The van der Waals surface area contributed by atoms with Crippen molar-refractivity contribution >= 4 is 17.7 Å². The molecular weight excluding hydrogens is 310 g/mol. The van der Waals surface area contributed by atoms with Crippen LogP contribution in [0.25, 0.3) is 0 Å². The number of nitrogens with zero attached hydrogens (tertiary/aromatic N) is 1. The normalized spacial score (nSPS) is 20.6. The van der Waals surface area contributed by atoms with Gasteiger partial charge in [-0.05, 0) is 31.0 Å². The SMILES string of the molecule is O=C1C[C@H](N(C(=O)c2cccc(OC(F)F)c2)C2CC2)C(=O)N1. The lowest BCUT2D eigenvalue weighted by Crippen LogP contribution is -2.45. The summed E-state index contributed by atoms with van der Waals surface area (Å²) in [4.78, 5) is 37.3. The van der Waals surface area contributed by atoms with Crippen molar-refractivity contribution in [3.63, 3.8) is 0 Å². The third-order valence-electron chi connectivity index (χ3n) is 3.76. The van der Waals surface area contributed by atoms with Crippen molar-refractivity contribution < 1.29 is 27.9 Å². The van der Waals surface area contributed by atoms with Gasteiger partial charge in [0.25, 0.3) is 5.91 Å². The molecule has 0 bridgehead atoms. The molecule has 1 saturated heterocycles. The van der Waals surface area contributed by atoms with Gasteiger partial charge in [0.1, 0.15) is 11.8 Å². The molecular formula is C15H14F2N2O4. The molecule has 23 heavy (non-hydrogen) atoms. The predicted molar refractivity (Wildman–Crippen MR) is 73.8 cm³/mol. The van der Waals surface area contributed by atoms with Crippen LogP contribution in [0.2, 0.25) is 0 Å². The average Bonchev–Trinajstić information content (AvgIpc) is 3.25. The van der Waals surface area contributed by atoms with E-state index in [1.165, 1.54) is 29.2 Å². The summed E-state index contributed by atoms with van der Waals surface area (Å²) in [7, 11) is 0. The molecule has 3 rings (SSSR count). The summed E-state index contributed by atoms with van der Waals surface area (Å²) in [6.07, 6.45) is 1.42. The molecule has 3 amide bonds. The Kier molecular flexibility index (Phi) is 3.97. The highest BCUT2D eigenvalue weighted by Crippen LogP contribution is 2.32. The second kappa shape index (κ2) is 5.94. The minimum absolute atomic E-state index is 0.0751. The summed E-state index contributed by atoms with van der Waals surface area (Å²) in [5.74, 6) is -1.53. The minimum atomic E-state index is -2.99. The van der Waals surface area contributed by atoms with E-state index in [2.05, 4.69) is 10.1 Å². The van der Waals surface area contributed by atoms with E-state index in [-0.39, 0.29) is 23.8 Å². The van der Waals surface area contributed by atoms with Gasteiger partial charge in [-0.25, -0.2) is 0 Å². The number of amides is 3. The Morgan fingerprint density at radius 2 is 2.04 bits per heavy atom. The molecule has 0 radical (unpaired) electrons. The number of ether oxygens (including phenoxy) is 1. The highest BCUT2D eigenvalue weighted by atomic mass is 19.3. The topological polar surface area (TPSA) is 75.7 Å². The van der Waals surface area contributed by atoms with Crippen molar-refractivity contribution in [3.8, 4) is 5.75 Å². The molecule has 0 aromatic heterocycles. The number of imide groups is 1. The number of carbonyl (C=O) groups excluding carboxylic acids is 3. The van der Waals surface area contributed by atoms with Crippen LogP contribution in [0.3, 0.4) is 0 Å². The molecule has 1 N–H and O–H groups in total. The molecule has 6 nitrogen and oxygen atoms in total. The number of carbonyl (C=O) groups is 3. The zero-order chi connectivity index (χ0) is 16.6. The fourth-order valence-corrected chi connectivity index (χ4v) is 2.63. The van der Waals surface area contributed by atoms with Gasteiger partial charge in [0.05, 0.1) is 6.42 Å². The van der Waals surface area contributed by atoms with Gasteiger partial charge >= 0.3 is 6.61 Å². The Hall–Kier alpha value is -2.51. The van der Waals surface area contributed by atoms with Crippen molar-refractivity contribution in [1.82, 2.24) is 10.2 Å². The third-order valence-corrected chi connectivity index (χ3v) is 3.76. The number of hydrogen-bond acceptors (Lipinski definition) is 4. The van der Waals surface area contributed by atoms with Crippen LogP contribution >= 0.6 is 0 Å². The van der Waals surface area contributed by atoms with Gasteiger partial charge < -0.3 is 9.64 Å². The highest BCUT2D eigenvalue weighted by molar-refractivity contribution is 6.08. The summed E-state index contributed by atoms with van der Waals surface area (Å²) >= 11 is 0. The Labute approximate surface area is 130 Å². The van der Waals surface area contributed by atoms with Gasteiger partial charge in [-0.1, -0.05) is 6.07 Å². The van der Waals surface area contributed by atoms with Crippen LogP contribution in [-0.4, -0.2) is 41.3 Å². The van der Waals surface area contributed by atoms with E-state index in [1.54, 1.807) is 0 Å². The standard InChI is InChI=1S/C15H14F2N2O4/c16-15(17)23-10-3-1-2-8(6-10)14(22)19(9-4-5-9)11-7-12(20)18-13(11)21/h1-3,6,9,11,15H,4-5,7H2,(H,18,20,21)/t11-/m0/s1. The molecule has 2 aliphatic rings. The van der Waals surface area contributed by atoms with Crippen LogP contribution in [0.4, 0.5) is 8.78 Å². The van der Waals surface area contributed by atoms with Crippen molar-refractivity contribution in [2.75, 3.05) is 0 Å². The summed E-state index contributed by atoms with van der Waals surface area (Å²) in [6.45, 7) is -2.99. The lowest BCUT2D eigenvalue weighted by Gasteiger charge is -2.27. The molecule has 1 saturated carbocycles. The fraction of sp³-hybridized carbons (Fsp3) is 0.400. The Bertz CT molecular complexity index is 661. The molecule has 2 fully saturated rings. The van der Waals surface area contributed by atoms with Crippen molar-refractivity contribution in [2.24, 2.45) is 0 Å². The molecule has 0 unspecified atom stereocenters. The highest BCUT2D eigenvalue weighted by Gasteiger charge is 2.44. The van der Waals surface area contributed by atoms with Gasteiger partial charge in [0, 0.05) is 11.6 Å². The number of nitrogens with one attached hydrogen (secondary N) is 1. The maximum atomic E-state index is 12.7. The summed E-state index contributed by atoms with van der Waals surface area (Å²) < 4.78 is 28.9. The zero-order valence-electron chi connectivity index (χ0n) is 12.0. The van der Waals surface area contributed by atoms with Gasteiger partial charge in [0.15, 0.2) is 0 Å². The van der Waals surface area contributed by atoms with Crippen LogP contribution < -0.4 is 10.1 Å². The quantitative estimate of drug-likeness (QED) is 0.829. The summed E-state index contributed by atoms with van der Waals surface area (Å²) in [5, 5.41) is 2.18. The van der Waals surface area contributed by atoms with Gasteiger partial charge in [-0.3, -0.25) is 19.7 Å². The molecule has 122 valence electrons. The maximum absolute atomic E-state index is 12.7. The second-order valence-electron chi connectivity index (χ2n) is 5.48. The van der Waals surface area contributed by atoms with Crippen molar-refractivity contribution in [3.05, 3.63) is 29.8 Å². The number of rotatable bonds is 5. The predicted octanol–water partition coefficient (Wildman–Crippen LogP) is 1.31. The maximum Gasteiger partial charge on any atom is 0.387 e. The van der Waals surface area contributed by atoms with E-state index in [9.17, 15) is 23.2 Å². The first-order valence-corrected chi connectivity index (χ1v) is 7.17. The zero-order valence-corrected chi connectivity index (χ0v) is 12.0. The van der Waals surface area contributed by atoms with Crippen LogP contribution in [0.5, 0.6) is 5.75 Å². The fourth-order valence-electron chi connectivity index (χ4n) is 2.63. The van der Waals surface area contributed by atoms with Crippen LogP contribution in [0.15, 0.2) is 24.3 Å². The first-order chi connectivity index (χ1) is 11.0. The van der Waals surface area contributed by atoms with Gasteiger partial charge in [-0.15, -0.1) is 0 Å². The van der Waals surface area contributed by atoms with E-state index < -0.39 is 30.4 Å². The van der Waals surface area contributed by atoms with Crippen LogP contribution in [-0.2, 0) is 9.59 Å². The van der Waals surface area contributed by atoms with E-state index >= 15 is 0 Å². The molecule has 1 atom stereocenters. The third kappa shape index (κ3) is 3.30. The van der Waals surface area contributed by atoms with E-state index in [0.717, 1.165) is 12.8 Å². The van der Waals surface area contributed by atoms with Gasteiger partial charge in [0.2, 0.25) is 11.8 Å². The first-order valence-electron chi connectivity index (χ1n) is 7.17. The van der Waals surface area contributed by atoms with E-state index in [4.69, 9.17) is 0 Å². The Morgan fingerprint density at radius 1 is 1.30 bits per heavy atom. The average molecular weight is 324 g/mol. The van der Waals surface area contributed by atoms with E-state index in [1.807, 2.05) is 0 Å². The van der Waals surface area contributed by atoms with Crippen molar-refractivity contribution in [2.45, 2.75) is 38.0 Å². The number of hydrogen-bond donors (Lipinski definition) is 1. The number of benzene rings is 1. The largest absolute Gasteiger partial charge is 0.435 e. The molecule has 0 spiro atoms. The minimum Gasteiger partial charge on any atom is -0.435 e. The number of halogens is 2. The molecule has 1 aromatic carbocycles. The number of alkyl halides is 2. The van der Waals surface area contributed by atoms with E-state index in [0.29, 0.717) is 0 Å². The summed E-state index contributed by atoms with van der Waals surface area (Å²) in [5.41, 5.74) is 0.141. The van der Waals surface area contributed by atoms with Crippen LogP contribution in [0.1, 0.15) is 29.6 Å². The lowest BCUT2D eigenvalue weighted by molar-refractivity contribution is -0.126. The molecule has 1 aliphatic heterocycles. The molecule has 1 aliphatic carbocycles. The lowest BCUT2D eigenvalue weighted by atomic mass is 10.1. The molecule has 1 heterocycles. The second-order valence-corrected chi connectivity index (χ2v) is 5.48. The van der Waals surface area contributed by atoms with Crippen molar-refractivity contribution in [1.29, 1.82) is 0 Å². The smallest absolute Gasteiger partial charge is 0.387 e. The summed E-state index contributed by atoms with van der Waals surface area (Å²) in [6, 6.07) is 4.46. The Morgan fingerprint density at radius 3 is 2.61 bits per heavy atom. The van der Waals surface area contributed by atoms with Gasteiger partial charge in [-0.2, -0.15) is 8.78 Å². The monoisotopic (exact) mass is 324 g/mol. The molecule has 1 aromatic rings. The first kappa shape index (κ1) is 15.4. The van der Waals surface area contributed by atoms with Crippen LogP contribution in [0, 0.1) is 0 Å². The Balaban J connectivity index is 1.84.